The lowest BCUT2D eigenvalue weighted by Crippen LogP contribution is -2.49. The Hall–Kier alpha value is -3.36. The Morgan fingerprint density at radius 1 is 1.11 bits per heavy atom. The predicted molar refractivity (Wildman–Crippen MR) is 105 cm³/mol. The molecule has 5 rings (SSSR count). The summed E-state index contributed by atoms with van der Waals surface area (Å²) in [4.78, 5) is 36.2. The first-order valence-electron chi connectivity index (χ1n) is 9.53. The zero-order valence-electron chi connectivity index (χ0n) is 15.3. The van der Waals surface area contributed by atoms with Gasteiger partial charge in [0, 0.05) is 26.2 Å². The minimum atomic E-state index is -0.205. The van der Waals surface area contributed by atoms with Gasteiger partial charge in [0.15, 0.2) is 5.65 Å². The number of piperidine rings is 1. The van der Waals surface area contributed by atoms with Gasteiger partial charge in [-0.25, -0.2) is 9.48 Å². The number of fused-ring (bicyclic) bond motifs is 1. The van der Waals surface area contributed by atoms with Crippen LogP contribution < -0.4 is 15.8 Å². The van der Waals surface area contributed by atoms with Crippen LogP contribution in [0.4, 0.5) is 10.7 Å². The zero-order valence-corrected chi connectivity index (χ0v) is 15.3. The van der Waals surface area contributed by atoms with Crippen molar-refractivity contribution in [2.45, 2.75) is 18.9 Å². The average Bonchev–Trinajstić information content (AvgIpc) is 3.35. The predicted octanol–water partition coefficient (Wildman–Crippen LogP) is 1.10. The third-order valence-electron chi connectivity index (χ3n) is 5.45. The highest BCUT2D eigenvalue weighted by atomic mass is 16.2. The molecule has 0 saturated carbocycles. The Balaban J connectivity index is 1.50. The molecule has 0 bridgehead atoms. The number of H-pyrrole nitrogens is 1. The van der Waals surface area contributed by atoms with E-state index in [2.05, 4.69) is 20.3 Å². The monoisotopic (exact) mass is 379 g/mol. The summed E-state index contributed by atoms with van der Waals surface area (Å²) in [5.41, 5.74) is 1.18. The SMILES string of the molecule is O=C1NCCN1C1CCCN(c2nc3c(cnn3-c3ccccc3)c(=O)[nH]2)C1. The van der Waals surface area contributed by atoms with E-state index in [1.807, 2.05) is 35.2 Å². The number of benzene rings is 1. The summed E-state index contributed by atoms with van der Waals surface area (Å²) in [5.74, 6) is 0.527. The lowest BCUT2D eigenvalue weighted by atomic mass is 10.0. The van der Waals surface area contributed by atoms with Gasteiger partial charge in [0.1, 0.15) is 5.39 Å². The van der Waals surface area contributed by atoms with Crippen LogP contribution in [0.15, 0.2) is 41.3 Å². The molecule has 2 fully saturated rings. The van der Waals surface area contributed by atoms with Crippen molar-refractivity contribution in [1.29, 1.82) is 0 Å². The standard InChI is InChI=1S/C19H21N7O2/c27-17-15-11-21-26(13-5-2-1-3-6-13)16(15)22-18(23-17)24-9-4-7-14(12-24)25-10-8-20-19(25)28/h1-3,5-6,11,14H,4,7-10,12H2,(H,20,28)(H,22,23,27). The Labute approximate surface area is 161 Å². The van der Waals surface area contributed by atoms with E-state index in [0.29, 0.717) is 30.1 Å². The van der Waals surface area contributed by atoms with E-state index in [9.17, 15) is 9.59 Å². The molecule has 1 unspecified atom stereocenters. The van der Waals surface area contributed by atoms with Crippen molar-refractivity contribution in [2.75, 3.05) is 31.1 Å². The molecule has 3 aromatic rings. The first-order valence-corrected chi connectivity index (χ1v) is 9.53. The molecule has 2 aromatic heterocycles. The molecule has 2 aliphatic heterocycles. The first kappa shape index (κ1) is 16.8. The molecule has 28 heavy (non-hydrogen) atoms. The fraction of sp³-hybridized carbons (Fsp3) is 0.368. The van der Waals surface area contributed by atoms with Gasteiger partial charge in [-0.3, -0.25) is 9.78 Å². The average molecular weight is 379 g/mol. The lowest BCUT2D eigenvalue weighted by molar-refractivity contribution is 0.189. The van der Waals surface area contributed by atoms with Crippen LogP contribution in [-0.2, 0) is 0 Å². The van der Waals surface area contributed by atoms with Crippen LogP contribution >= 0.6 is 0 Å². The smallest absolute Gasteiger partial charge is 0.317 e. The Morgan fingerprint density at radius 3 is 2.75 bits per heavy atom. The maximum atomic E-state index is 12.6. The van der Waals surface area contributed by atoms with E-state index in [1.54, 1.807) is 10.9 Å². The molecule has 4 heterocycles. The van der Waals surface area contributed by atoms with Gasteiger partial charge >= 0.3 is 6.03 Å². The van der Waals surface area contributed by atoms with Gasteiger partial charge in [-0.2, -0.15) is 10.1 Å². The second kappa shape index (κ2) is 6.66. The molecule has 2 aliphatic rings. The summed E-state index contributed by atoms with van der Waals surface area (Å²) >= 11 is 0. The molecule has 0 aliphatic carbocycles. The number of rotatable bonds is 3. The normalized spacial score (nSPS) is 20.0. The number of aromatic nitrogens is 4. The molecule has 2 saturated heterocycles. The maximum Gasteiger partial charge on any atom is 0.317 e. The Bertz CT molecular complexity index is 1070. The van der Waals surface area contributed by atoms with Crippen molar-refractivity contribution >= 4 is 23.0 Å². The number of urea groups is 1. The number of nitrogens with one attached hydrogen (secondary N) is 2. The van der Waals surface area contributed by atoms with Crippen molar-refractivity contribution in [3.8, 4) is 5.69 Å². The number of hydrogen-bond donors (Lipinski definition) is 2. The highest BCUT2D eigenvalue weighted by Crippen LogP contribution is 2.22. The summed E-state index contributed by atoms with van der Waals surface area (Å²) in [5, 5.41) is 7.67. The number of carbonyl (C=O) groups is 1. The van der Waals surface area contributed by atoms with Crippen LogP contribution in [0.25, 0.3) is 16.7 Å². The summed E-state index contributed by atoms with van der Waals surface area (Å²) in [6, 6.07) is 9.75. The van der Waals surface area contributed by atoms with E-state index in [-0.39, 0.29) is 17.6 Å². The zero-order chi connectivity index (χ0) is 19.1. The minimum absolute atomic E-state index is 0.00842. The van der Waals surface area contributed by atoms with Crippen molar-refractivity contribution in [3.05, 3.63) is 46.9 Å². The fourth-order valence-electron chi connectivity index (χ4n) is 4.05. The van der Waals surface area contributed by atoms with E-state index in [0.717, 1.165) is 31.6 Å². The van der Waals surface area contributed by atoms with Crippen molar-refractivity contribution in [2.24, 2.45) is 0 Å². The number of aromatic amines is 1. The molecule has 9 heteroatoms. The summed E-state index contributed by atoms with van der Waals surface area (Å²) in [7, 11) is 0. The van der Waals surface area contributed by atoms with Crippen LogP contribution in [0.1, 0.15) is 12.8 Å². The second-order valence-corrected chi connectivity index (χ2v) is 7.19. The van der Waals surface area contributed by atoms with E-state index >= 15 is 0 Å². The third kappa shape index (κ3) is 2.79. The van der Waals surface area contributed by atoms with Gasteiger partial charge in [0.05, 0.1) is 17.9 Å². The van der Waals surface area contributed by atoms with E-state index < -0.39 is 0 Å². The van der Waals surface area contributed by atoms with Gasteiger partial charge in [-0.15, -0.1) is 0 Å². The molecule has 9 nitrogen and oxygen atoms in total. The van der Waals surface area contributed by atoms with Gasteiger partial charge in [0.25, 0.3) is 5.56 Å². The molecule has 1 aromatic carbocycles. The van der Waals surface area contributed by atoms with Crippen molar-refractivity contribution in [1.82, 2.24) is 30.0 Å². The molecule has 144 valence electrons. The number of anilines is 1. The molecule has 2 amide bonds. The number of para-hydroxylation sites is 1. The molecular formula is C19H21N7O2. The Morgan fingerprint density at radius 2 is 1.96 bits per heavy atom. The maximum absolute atomic E-state index is 12.6. The van der Waals surface area contributed by atoms with E-state index in [1.165, 1.54) is 0 Å². The van der Waals surface area contributed by atoms with Crippen LogP contribution in [0.2, 0.25) is 0 Å². The quantitative estimate of drug-likeness (QED) is 0.710. The lowest BCUT2D eigenvalue weighted by Gasteiger charge is -2.37. The topological polar surface area (TPSA) is 99.2 Å². The van der Waals surface area contributed by atoms with Crippen LogP contribution in [-0.4, -0.2) is 62.9 Å². The highest BCUT2D eigenvalue weighted by Gasteiger charge is 2.32. The second-order valence-electron chi connectivity index (χ2n) is 7.19. The first-order chi connectivity index (χ1) is 13.7. The van der Waals surface area contributed by atoms with Crippen molar-refractivity contribution < 1.29 is 4.79 Å². The summed E-state index contributed by atoms with van der Waals surface area (Å²) in [6.07, 6.45) is 3.44. The molecular weight excluding hydrogens is 358 g/mol. The number of hydrogen-bond acceptors (Lipinski definition) is 5. The number of carbonyl (C=O) groups excluding carboxylic acids is 1. The van der Waals surface area contributed by atoms with Crippen LogP contribution in [0, 0.1) is 0 Å². The molecule has 2 N–H and O–H groups in total. The molecule has 0 radical (unpaired) electrons. The van der Waals surface area contributed by atoms with Crippen molar-refractivity contribution in [3.63, 3.8) is 0 Å². The molecule has 0 spiro atoms. The Kier molecular flexibility index (Phi) is 4.00. The van der Waals surface area contributed by atoms with Crippen LogP contribution in [0.3, 0.4) is 0 Å². The summed E-state index contributed by atoms with van der Waals surface area (Å²) < 4.78 is 1.68. The van der Waals surface area contributed by atoms with Gasteiger partial charge in [0.2, 0.25) is 5.95 Å². The number of nitrogens with zero attached hydrogens (tertiary/aromatic N) is 5. The van der Waals surface area contributed by atoms with Gasteiger partial charge in [-0.1, -0.05) is 18.2 Å². The summed E-state index contributed by atoms with van der Waals surface area (Å²) in [6.45, 7) is 2.86. The fourth-order valence-corrected chi connectivity index (χ4v) is 4.05. The van der Waals surface area contributed by atoms with E-state index in [4.69, 9.17) is 4.98 Å². The number of amides is 2. The minimum Gasteiger partial charge on any atom is -0.340 e. The molecule has 1 atom stereocenters. The third-order valence-corrected chi connectivity index (χ3v) is 5.45. The largest absolute Gasteiger partial charge is 0.340 e. The van der Waals surface area contributed by atoms with Crippen LogP contribution in [0.5, 0.6) is 0 Å². The van der Waals surface area contributed by atoms with Gasteiger partial charge in [-0.05, 0) is 25.0 Å². The highest BCUT2D eigenvalue weighted by molar-refractivity contribution is 5.77. The van der Waals surface area contributed by atoms with Gasteiger partial charge < -0.3 is 15.1 Å².